The van der Waals surface area contributed by atoms with Crippen LogP contribution in [0.15, 0.2) is 205 Å². The van der Waals surface area contributed by atoms with Crippen LogP contribution in [-0.4, -0.2) is 0 Å². The minimum atomic E-state index is -0.132. The molecular formula is C60H45NO. The average molecular weight is 796 g/mol. The molecule has 1 aromatic heterocycles. The summed E-state index contributed by atoms with van der Waals surface area (Å²) in [6, 6.07) is 73.3. The molecule has 12 rings (SSSR count). The summed E-state index contributed by atoms with van der Waals surface area (Å²) in [7, 11) is 0. The van der Waals surface area contributed by atoms with Gasteiger partial charge < -0.3 is 9.32 Å². The number of anilines is 3. The van der Waals surface area contributed by atoms with Crippen LogP contribution in [0, 0.1) is 0 Å². The Bertz CT molecular complexity index is 3400. The predicted octanol–water partition coefficient (Wildman–Crippen LogP) is 16.7. The van der Waals surface area contributed by atoms with Crippen molar-refractivity contribution in [2.75, 3.05) is 4.90 Å². The average Bonchev–Trinajstić information content (AvgIpc) is 3.90. The fourth-order valence-electron chi connectivity index (χ4n) is 10.8. The molecule has 10 aromatic rings. The highest BCUT2D eigenvalue weighted by molar-refractivity contribution is 6.13. The first-order valence-electron chi connectivity index (χ1n) is 21.8. The Morgan fingerprint density at radius 3 is 1.48 bits per heavy atom. The molecule has 2 aliphatic rings. The number of rotatable bonds is 6. The van der Waals surface area contributed by atoms with Gasteiger partial charge in [-0.15, -0.1) is 0 Å². The lowest BCUT2D eigenvalue weighted by molar-refractivity contribution is 0.660. The molecule has 0 radical (unpaired) electrons. The number of fused-ring (bicyclic) bond motifs is 9. The molecule has 0 aliphatic heterocycles. The summed E-state index contributed by atoms with van der Waals surface area (Å²) in [4.78, 5) is 2.46. The van der Waals surface area contributed by atoms with Crippen LogP contribution in [0.4, 0.5) is 17.1 Å². The van der Waals surface area contributed by atoms with E-state index in [-0.39, 0.29) is 10.8 Å². The summed E-state index contributed by atoms with van der Waals surface area (Å²) < 4.78 is 6.92. The first-order chi connectivity index (χ1) is 30.3. The second kappa shape index (κ2) is 13.5. The number of benzene rings is 9. The zero-order valence-corrected chi connectivity index (χ0v) is 35.4. The molecular weight excluding hydrogens is 751 g/mol. The summed E-state index contributed by atoms with van der Waals surface area (Å²) in [5.41, 5.74) is 22.6. The van der Waals surface area contributed by atoms with Crippen LogP contribution in [0.2, 0.25) is 0 Å². The van der Waals surface area contributed by atoms with E-state index in [1.54, 1.807) is 0 Å². The summed E-state index contributed by atoms with van der Waals surface area (Å²) in [6.45, 7) is 9.42. The first kappa shape index (κ1) is 36.4. The van der Waals surface area contributed by atoms with Gasteiger partial charge in [0, 0.05) is 49.7 Å². The van der Waals surface area contributed by atoms with Crippen molar-refractivity contribution >= 4 is 39.0 Å². The molecule has 0 unspecified atom stereocenters. The molecule has 1 heterocycles. The van der Waals surface area contributed by atoms with Crippen LogP contribution in [0.25, 0.3) is 77.6 Å². The fraction of sp³-hybridized carbons (Fsp3) is 0.100. The molecule has 0 atom stereocenters. The Morgan fingerprint density at radius 2 is 0.806 bits per heavy atom. The van der Waals surface area contributed by atoms with Crippen LogP contribution in [0.5, 0.6) is 0 Å². The Balaban J connectivity index is 1.04. The maximum Gasteiger partial charge on any atom is 0.143 e. The van der Waals surface area contributed by atoms with E-state index in [1.807, 2.05) is 0 Å². The monoisotopic (exact) mass is 795 g/mol. The van der Waals surface area contributed by atoms with Crippen molar-refractivity contribution in [1.82, 2.24) is 0 Å². The Labute approximate surface area is 363 Å². The van der Waals surface area contributed by atoms with Gasteiger partial charge in [0.05, 0.1) is 5.69 Å². The van der Waals surface area contributed by atoms with E-state index in [1.165, 1.54) is 55.6 Å². The van der Waals surface area contributed by atoms with Gasteiger partial charge in [-0.1, -0.05) is 198 Å². The largest absolute Gasteiger partial charge is 0.455 e. The summed E-state index contributed by atoms with van der Waals surface area (Å²) in [5.74, 6) is 0. The van der Waals surface area contributed by atoms with Crippen LogP contribution < -0.4 is 4.90 Å². The molecule has 0 saturated heterocycles. The third-order valence-electron chi connectivity index (χ3n) is 13.9. The number of nitrogens with zero attached hydrogens (tertiary/aromatic N) is 1. The van der Waals surface area contributed by atoms with E-state index in [2.05, 4.69) is 233 Å². The summed E-state index contributed by atoms with van der Waals surface area (Å²) >= 11 is 0. The van der Waals surface area contributed by atoms with Gasteiger partial charge >= 0.3 is 0 Å². The molecule has 2 nitrogen and oxygen atoms in total. The molecule has 9 aromatic carbocycles. The van der Waals surface area contributed by atoms with Crippen molar-refractivity contribution in [3.05, 3.63) is 222 Å². The fourth-order valence-corrected chi connectivity index (χ4v) is 10.8. The van der Waals surface area contributed by atoms with Gasteiger partial charge in [-0.25, -0.2) is 0 Å². The van der Waals surface area contributed by atoms with Gasteiger partial charge in [-0.3, -0.25) is 0 Å². The highest BCUT2D eigenvalue weighted by atomic mass is 16.3. The lowest BCUT2D eigenvalue weighted by atomic mass is 9.82. The summed E-state index contributed by atoms with van der Waals surface area (Å²) in [6.07, 6.45) is 0. The molecule has 0 bridgehead atoms. The molecule has 0 N–H and O–H groups in total. The standard InChI is InChI=1S/C60H45NO/c1-59(2)50-28-10-8-21-48(50)55-43(23-15-30-52(55)59)39-33-35-41(36-34-39)61(54-32-16-31-53-56(54)49-22-9-11-29-51(49)60(53,3)4)42-20-12-19-40(37-42)45-25-14-27-47-46-26-13-24-44(57(46)62-58(45)47)38-17-6-5-7-18-38/h5-37H,1-4H3. The molecule has 0 fully saturated rings. The molecule has 0 amide bonds. The van der Waals surface area contributed by atoms with Crippen LogP contribution in [0.3, 0.4) is 0 Å². The van der Waals surface area contributed by atoms with Gasteiger partial charge in [0.25, 0.3) is 0 Å². The normalized spacial score (nSPS) is 14.1. The Morgan fingerprint density at radius 1 is 0.339 bits per heavy atom. The van der Waals surface area contributed by atoms with Crippen molar-refractivity contribution < 1.29 is 4.42 Å². The van der Waals surface area contributed by atoms with E-state index < -0.39 is 0 Å². The van der Waals surface area contributed by atoms with Crippen LogP contribution in [-0.2, 0) is 10.8 Å². The zero-order chi connectivity index (χ0) is 41.7. The van der Waals surface area contributed by atoms with Crippen molar-refractivity contribution in [3.8, 4) is 55.6 Å². The number of para-hydroxylation sites is 2. The predicted molar refractivity (Wildman–Crippen MR) is 260 cm³/mol. The highest BCUT2D eigenvalue weighted by Gasteiger charge is 2.39. The van der Waals surface area contributed by atoms with Gasteiger partial charge in [-0.2, -0.15) is 0 Å². The van der Waals surface area contributed by atoms with Crippen LogP contribution >= 0.6 is 0 Å². The highest BCUT2D eigenvalue weighted by Crippen LogP contribution is 2.55. The number of furan rings is 1. The lowest BCUT2D eigenvalue weighted by Gasteiger charge is -2.29. The van der Waals surface area contributed by atoms with E-state index in [0.29, 0.717) is 0 Å². The smallest absolute Gasteiger partial charge is 0.143 e. The molecule has 2 aliphatic carbocycles. The maximum atomic E-state index is 6.92. The Kier molecular flexibility index (Phi) is 7.96. The third kappa shape index (κ3) is 5.29. The number of hydrogen-bond acceptors (Lipinski definition) is 2. The molecule has 296 valence electrons. The van der Waals surface area contributed by atoms with Crippen molar-refractivity contribution in [3.63, 3.8) is 0 Å². The molecule has 62 heavy (non-hydrogen) atoms. The van der Waals surface area contributed by atoms with E-state index in [9.17, 15) is 0 Å². The molecule has 2 heteroatoms. The SMILES string of the molecule is CC1(C)c2ccccc2-c2c(-c3ccc(N(c4cccc(-c5cccc6c5oc5c(-c7ccccc7)cccc56)c4)c4cccc5c4-c4ccccc4C5(C)C)cc3)cccc21. The second-order valence-corrected chi connectivity index (χ2v) is 18.0. The minimum Gasteiger partial charge on any atom is -0.455 e. The van der Waals surface area contributed by atoms with Gasteiger partial charge in [0.15, 0.2) is 0 Å². The lowest BCUT2D eigenvalue weighted by Crippen LogP contribution is -2.16. The van der Waals surface area contributed by atoms with E-state index >= 15 is 0 Å². The van der Waals surface area contributed by atoms with Crippen molar-refractivity contribution in [2.45, 2.75) is 38.5 Å². The van der Waals surface area contributed by atoms with E-state index in [0.717, 1.165) is 61.3 Å². The molecule has 0 spiro atoms. The molecule has 0 saturated carbocycles. The van der Waals surface area contributed by atoms with Crippen LogP contribution in [0.1, 0.15) is 49.9 Å². The maximum absolute atomic E-state index is 6.92. The second-order valence-electron chi connectivity index (χ2n) is 18.0. The van der Waals surface area contributed by atoms with Crippen molar-refractivity contribution in [2.24, 2.45) is 0 Å². The third-order valence-corrected chi connectivity index (χ3v) is 13.9. The van der Waals surface area contributed by atoms with Gasteiger partial charge in [0.2, 0.25) is 0 Å². The first-order valence-corrected chi connectivity index (χ1v) is 21.8. The zero-order valence-electron chi connectivity index (χ0n) is 35.4. The van der Waals surface area contributed by atoms with E-state index in [4.69, 9.17) is 4.42 Å². The topological polar surface area (TPSA) is 16.4 Å². The number of hydrogen-bond donors (Lipinski definition) is 0. The Hall–Kier alpha value is -7.42. The quantitative estimate of drug-likeness (QED) is 0.167. The minimum absolute atomic E-state index is 0.0572. The van der Waals surface area contributed by atoms with Gasteiger partial charge in [-0.05, 0) is 91.5 Å². The summed E-state index contributed by atoms with van der Waals surface area (Å²) in [5, 5.41) is 2.24. The van der Waals surface area contributed by atoms with Gasteiger partial charge in [0.1, 0.15) is 11.2 Å². The van der Waals surface area contributed by atoms with Crippen molar-refractivity contribution in [1.29, 1.82) is 0 Å².